The Morgan fingerprint density at radius 1 is 1.19 bits per heavy atom. The summed E-state index contributed by atoms with van der Waals surface area (Å²) in [6, 6.07) is 9.47. The monoisotopic (exact) mass is 306 g/mol. The van der Waals surface area contributed by atoms with E-state index in [2.05, 4.69) is 74.1 Å². The van der Waals surface area contributed by atoms with Crippen molar-refractivity contribution in [1.82, 2.24) is 10.2 Å². The second-order valence-electron chi connectivity index (χ2n) is 5.97. The Bertz CT molecular complexity index is 431. The van der Waals surface area contributed by atoms with Crippen LogP contribution >= 0.6 is 11.8 Å². The van der Waals surface area contributed by atoms with Crippen LogP contribution in [0.5, 0.6) is 0 Å². The maximum Gasteiger partial charge on any atom is 0.0441 e. The molecule has 0 saturated carbocycles. The standard InChI is InChI=1S/C18H30N2S/c1-5-20(6-2)11-12-21-17-13-14(3)15-9-7-8-10-16(15)18(17)19-4/h7-10,14,17-19H,5-6,11-13H2,1-4H3. The Morgan fingerprint density at radius 3 is 2.48 bits per heavy atom. The first-order chi connectivity index (χ1) is 10.2. The van der Waals surface area contributed by atoms with E-state index in [-0.39, 0.29) is 0 Å². The normalized spacial score (nSPS) is 25.1. The highest BCUT2D eigenvalue weighted by atomic mass is 32.2. The van der Waals surface area contributed by atoms with Gasteiger partial charge in [-0.2, -0.15) is 11.8 Å². The van der Waals surface area contributed by atoms with Crippen LogP contribution in [0.15, 0.2) is 24.3 Å². The number of nitrogens with one attached hydrogen (secondary N) is 1. The molecule has 0 spiro atoms. The van der Waals surface area contributed by atoms with E-state index in [1.54, 1.807) is 0 Å². The van der Waals surface area contributed by atoms with Crippen LogP contribution in [0.25, 0.3) is 0 Å². The Kier molecular flexibility index (Phi) is 6.59. The van der Waals surface area contributed by atoms with Gasteiger partial charge in [-0.25, -0.2) is 0 Å². The van der Waals surface area contributed by atoms with Gasteiger partial charge < -0.3 is 10.2 Å². The van der Waals surface area contributed by atoms with Crippen molar-refractivity contribution < 1.29 is 0 Å². The van der Waals surface area contributed by atoms with Gasteiger partial charge in [-0.3, -0.25) is 0 Å². The summed E-state index contributed by atoms with van der Waals surface area (Å²) in [5, 5.41) is 4.25. The summed E-state index contributed by atoms with van der Waals surface area (Å²) in [6.45, 7) is 10.4. The zero-order chi connectivity index (χ0) is 15.2. The smallest absolute Gasteiger partial charge is 0.0441 e. The van der Waals surface area contributed by atoms with Gasteiger partial charge in [0.1, 0.15) is 0 Å². The lowest BCUT2D eigenvalue weighted by atomic mass is 9.81. The molecule has 0 aliphatic heterocycles. The van der Waals surface area contributed by atoms with Crippen LogP contribution in [-0.4, -0.2) is 42.6 Å². The van der Waals surface area contributed by atoms with E-state index in [0.717, 1.165) is 13.1 Å². The minimum atomic E-state index is 0.499. The lowest BCUT2D eigenvalue weighted by molar-refractivity contribution is 0.323. The highest BCUT2D eigenvalue weighted by Crippen LogP contribution is 2.42. The highest BCUT2D eigenvalue weighted by molar-refractivity contribution is 7.99. The van der Waals surface area contributed by atoms with E-state index in [1.807, 2.05) is 0 Å². The molecule has 3 heteroatoms. The van der Waals surface area contributed by atoms with Crippen molar-refractivity contribution in [3.05, 3.63) is 35.4 Å². The van der Waals surface area contributed by atoms with Gasteiger partial charge in [-0.05, 0) is 43.6 Å². The minimum Gasteiger partial charge on any atom is -0.312 e. The number of benzene rings is 1. The van der Waals surface area contributed by atoms with Gasteiger partial charge in [0.05, 0.1) is 0 Å². The summed E-state index contributed by atoms with van der Waals surface area (Å²) in [5.74, 6) is 1.91. The van der Waals surface area contributed by atoms with E-state index in [9.17, 15) is 0 Å². The lowest BCUT2D eigenvalue weighted by Crippen LogP contribution is -2.34. The topological polar surface area (TPSA) is 15.3 Å². The molecule has 1 aromatic rings. The Morgan fingerprint density at radius 2 is 1.86 bits per heavy atom. The Hall–Kier alpha value is -0.510. The molecule has 1 N–H and O–H groups in total. The van der Waals surface area contributed by atoms with Crippen molar-refractivity contribution in [2.45, 2.75) is 44.4 Å². The summed E-state index contributed by atoms with van der Waals surface area (Å²) in [4.78, 5) is 2.52. The maximum absolute atomic E-state index is 3.56. The number of nitrogens with zero attached hydrogens (tertiary/aromatic N) is 1. The molecule has 21 heavy (non-hydrogen) atoms. The average Bonchev–Trinajstić information content (AvgIpc) is 2.52. The molecule has 0 fully saturated rings. The number of thioether (sulfide) groups is 1. The van der Waals surface area contributed by atoms with Crippen LogP contribution in [0.3, 0.4) is 0 Å². The fraction of sp³-hybridized carbons (Fsp3) is 0.667. The van der Waals surface area contributed by atoms with Gasteiger partial charge in [0.2, 0.25) is 0 Å². The largest absolute Gasteiger partial charge is 0.312 e. The molecule has 2 rings (SSSR count). The van der Waals surface area contributed by atoms with Crippen LogP contribution in [0.2, 0.25) is 0 Å². The molecular weight excluding hydrogens is 276 g/mol. The SMILES string of the molecule is CCN(CC)CCSC1CC(C)c2ccccc2C1NC. The van der Waals surface area contributed by atoms with Crippen LogP contribution in [-0.2, 0) is 0 Å². The Balaban J connectivity index is 2.01. The molecule has 1 aliphatic carbocycles. The third-order valence-electron chi connectivity index (χ3n) is 4.76. The van der Waals surface area contributed by atoms with Gasteiger partial charge in [0.25, 0.3) is 0 Å². The molecule has 0 heterocycles. The molecule has 1 aliphatic rings. The summed E-state index contributed by atoms with van der Waals surface area (Å²) in [6.07, 6.45) is 1.28. The van der Waals surface area contributed by atoms with Crippen LogP contribution < -0.4 is 5.32 Å². The van der Waals surface area contributed by atoms with Gasteiger partial charge in [-0.1, -0.05) is 45.0 Å². The predicted molar refractivity (Wildman–Crippen MR) is 95.3 cm³/mol. The zero-order valence-corrected chi connectivity index (χ0v) is 14.7. The molecular formula is C18H30N2S. The number of hydrogen-bond acceptors (Lipinski definition) is 3. The fourth-order valence-corrected chi connectivity index (χ4v) is 5.00. The minimum absolute atomic E-state index is 0.499. The van der Waals surface area contributed by atoms with Crippen molar-refractivity contribution in [1.29, 1.82) is 0 Å². The van der Waals surface area contributed by atoms with Gasteiger partial charge in [-0.15, -0.1) is 0 Å². The Labute approximate surface area is 134 Å². The van der Waals surface area contributed by atoms with E-state index in [4.69, 9.17) is 0 Å². The van der Waals surface area contributed by atoms with Crippen molar-refractivity contribution in [2.75, 3.05) is 32.4 Å². The maximum atomic E-state index is 3.56. The molecule has 1 aromatic carbocycles. The predicted octanol–water partition coefficient (Wildman–Crippen LogP) is 3.90. The van der Waals surface area contributed by atoms with Crippen LogP contribution in [0, 0.1) is 0 Å². The summed E-state index contributed by atoms with van der Waals surface area (Å²) in [7, 11) is 2.11. The molecule has 3 unspecified atom stereocenters. The number of rotatable bonds is 7. The fourth-order valence-electron chi connectivity index (χ4n) is 3.43. The molecule has 3 atom stereocenters. The zero-order valence-electron chi connectivity index (χ0n) is 13.9. The van der Waals surface area contributed by atoms with Gasteiger partial charge in [0.15, 0.2) is 0 Å². The quantitative estimate of drug-likeness (QED) is 0.822. The second kappa shape index (κ2) is 8.21. The molecule has 0 bridgehead atoms. The highest BCUT2D eigenvalue weighted by Gasteiger charge is 2.32. The third-order valence-corrected chi connectivity index (χ3v) is 6.08. The number of hydrogen-bond donors (Lipinski definition) is 1. The van der Waals surface area contributed by atoms with Crippen molar-refractivity contribution in [3.8, 4) is 0 Å². The molecule has 0 amide bonds. The second-order valence-corrected chi connectivity index (χ2v) is 7.32. The first-order valence-corrected chi connectivity index (χ1v) is 9.36. The summed E-state index contributed by atoms with van der Waals surface area (Å²) >= 11 is 2.15. The van der Waals surface area contributed by atoms with Gasteiger partial charge >= 0.3 is 0 Å². The van der Waals surface area contributed by atoms with E-state index < -0.39 is 0 Å². The summed E-state index contributed by atoms with van der Waals surface area (Å²) in [5.41, 5.74) is 3.05. The van der Waals surface area contributed by atoms with Crippen molar-refractivity contribution >= 4 is 11.8 Å². The molecule has 118 valence electrons. The van der Waals surface area contributed by atoms with Crippen LogP contribution in [0.1, 0.15) is 50.3 Å². The first-order valence-electron chi connectivity index (χ1n) is 8.31. The molecule has 2 nitrogen and oxygen atoms in total. The van der Waals surface area contributed by atoms with E-state index in [0.29, 0.717) is 17.2 Å². The number of fused-ring (bicyclic) bond motifs is 1. The molecule has 0 saturated heterocycles. The first kappa shape index (κ1) is 16.9. The lowest BCUT2D eigenvalue weighted by Gasteiger charge is -2.37. The molecule has 0 aromatic heterocycles. The molecule has 0 radical (unpaired) electrons. The average molecular weight is 307 g/mol. The van der Waals surface area contributed by atoms with Crippen molar-refractivity contribution in [2.24, 2.45) is 0 Å². The van der Waals surface area contributed by atoms with E-state index >= 15 is 0 Å². The van der Waals surface area contributed by atoms with E-state index in [1.165, 1.54) is 29.8 Å². The third kappa shape index (κ3) is 4.02. The summed E-state index contributed by atoms with van der Waals surface area (Å²) < 4.78 is 0. The van der Waals surface area contributed by atoms with Gasteiger partial charge in [0, 0.05) is 23.6 Å². The van der Waals surface area contributed by atoms with Crippen LogP contribution in [0.4, 0.5) is 0 Å². The van der Waals surface area contributed by atoms with Crippen molar-refractivity contribution in [3.63, 3.8) is 0 Å².